The molecule has 0 bridgehead atoms. The fourth-order valence-electron chi connectivity index (χ4n) is 5.13. The number of carbonyl (C=O) groups excluding carboxylic acids is 2. The van der Waals surface area contributed by atoms with Crippen LogP contribution in [-0.2, 0) is 26.5 Å². The number of rotatable bonds is 12. The molecule has 51 heavy (non-hydrogen) atoms. The van der Waals surface area contributed by atoms with Crippen LogP contribution >= 0.6 is 0 Å². The van der Waals surface area contributed by atoms with Crippen LogP contribution in [0.3, 0.4) is 0 Å². The number of sulfonamides is 2. The minimum Gasteiger partial charge on any atom is -0.322 e. The number of anilines is 4. The van der Waals surface area contributed by atoms with Crippen LogP contribution in [0.2, 0.25) is 0 Å². The van der Waals surface area contributed by atoms with Gasteiger partial charge in [0, 0.05) is 33.9 Å². The van der Waals surface area contributed by atoms with Gasteiger partial charge in [-0.25, -0.2) is 16.8 Å². The first-order valence-electron chi connectivity index (χ1n) is 15.7. The van der Waals surface area contributed by atoms with E-state index in [2.05, 4.69) is 20.1 Å². The Morgan fingerprint density at radius 1 is 0.412 bits per heavy atom. The van der Waals surface area contributed by atoms with Crippen LogP contribution < -0.4 is 20.1 Å². The van der Waals surface area contributed by atoms with Gasteiger partial charge in [0.1, 0.15) is 0 Å². The van der Waals surface area contributed by atoms with Gasteiger partial charge >= 0.3 is 0 Å². The van der Waals surface area contributed by atoms with Gasteiger partial charge in [-0.1, -0.05) is 72.8 Å². The quantitative estimate of drug-likeness (QED) is 0.104. The summed E-state index contributed by atoms with van der Waals surface area (Å²) in [5, 5.41) is 5.68. The topological polar surface area (TPSA) is 151 Å². The van der Waals surface area contributed by atoms with E-state index in [1.54, 1.807) is 97.1 Å². The van der Waals surface area contributed by atoms with E-state index in [-0.39, 0.29) is 33.0 Å². The molecule has 256 valence electrons. The summed E-state index contributed by atoms with van der Waals surface area (Å²) in [6.45, 7) is 0. The lowest BCUT2D eigenvalue weighted by atomic mass is 10.0. The molecule has 0 unspecified atom stereocenters. The molecule has 2 amide bonds. The van der Waals surface area contributed by atoms with Crippen molar-refractivity contribution >= 4 is 54.6 Å². The summed E-state index contributed by atoms with van der Waals surface area (Å²) in [6, 6.07) is 43.2. The van der Waals surface area contributed by atoms with E-state index in [4.69, 9.17) is 0 Å². The Bertz CT molecular complexity index is 2220. The van der Waals surface area contributed by atoms with E-state index in [0.717, 1.165) is 11.1 Å². The van der Waals surface area contributed by atoms with Crippen LogP contribution in [0.15, 0.2) is 168 Å². The van der Waals surface area contributed by atoms with Gasteiger partial charge in [0.2, 0.25) is 0 Å². The van der Waals surface area contributed by atoms with Crippen LogP contribution in [0.4, 0.5) is 22.7 Å². The molecule has 4 N–H and O–H groups in total. The Hall–Kier alpha value is -6.24. The molecule has 0 atom stereocenters. The molecule has 0 saturated heterocycles. The molecule has 0 aliphatic heterocycles. The third-order valence-electron chi connectivity index (χ3n) is 7.69. The highest BCUT2D eigenvalue weighted by atomic mass is 32.2. The summed E-state index contributed by atoms with van der Waals surface area (Å²) >= 11 is 0. The molecule has 0 aliphatic rings. The molecule has 0 aromatic heterocycles. The van der Waals surface area contributed by atoms with Crippen molar-refractivity contribution in [1.29, 1.82) is 0 Å². The summed E-state index contributed by atoms with van der Waals surface area (Å²) in [6.07, 6.45) is 0.607. The van der Waals surface area contributed by atoms with E-state index in [1.807, 2.05) is 24.3 Å². The zero-order valence-corrected chi connectivity index (χ0v) is 28.6. The Kier molecular flexibility index (Phi) is 10.3. The molecular formula is C39H32N4O6S2. The number of amides is 2. The molecule has 0 spiro atoms. The molecule has 12 heteroatoms. The zero-order chi connectivity index (χ0) is 35.8. The predicted octanol–water partition coefficient (Wildman–Crippen LogP) is 7.38. The highest BCUT2D eigenvalue weighted by Crippen LogP contribution is 2.21. The SMILES string of the molecule is O=C(Nc1ccc(Cc2ccc(NC(=O)c3cccc(NS(=O)(=O)c4ccccc4)c3)cc2)cc1)c1cccc(NS(=O)(=O)c2ccccc2)c1. The van der Waals surface area contributed by atoms with Gasteiger partial charge < -0.3 is 10.6 Å². The highest BCUT2D eigenvalue weighted by Gasteiger charge is 2.16. The van der Waals surface area contributed by atoms with Crippen LogP contribution in [0.25, 0.3) is 0 Å². The monoisotopic (exact) mass is 716 g/mol. The van der Waals surface area contributed by atoms with E-state index < -0.39 is 20.0 Å². The van der Waals surface area contributed by atoms with Crippen molar-refractivity contribution < 1.29 is 26.4 Å². The van der Waals surface area contributed by atoms with Gasteiger partial charge in [-0.05, 0) is 102 Å². The fraction of sp³-hybridized carbons (Fsp3) is 0.0256. The van der Waals surface area contributed by atoms with E-state index in [1.165, 1.54) is 36.4 Å². The van der Waals surface area contributed by atoms with Gasteiger partial charge in [0.25, 0.3) is 31.9 Å². The largest absolute Gasteiger partial charge is 0.322 e. The number of hydrogen-bond donors (Lipinski definition) is 4. The van der Waals surface area contributed by atoms with Crippen molar-refractivity contribution in [3.8, 4) is 0 Å². The van der Waals surface area contributed by atoms with Gasteiger partial charge in [0.05, 0.1) is 9.79 Å². The zero-order valence-electron chi connectivity index (χ0n) is 27.0. The molecule has 0 radical (unpaired) electrons. The molecule has 0 fully saturated rings. The minimum absolute atomic E-state index is 0.121. The summed E-state index contributed by atoms with van der Waals surface area (Å²) in [5.74, 6) is -0.775. The van der Waals surface area contributed by atoms with Gasteiger partial charge in [-0.2, -0.15) is 0 Å². The first kappa shape index (κ1) is 34.6. The first-order valence-corrected chi connectivity index (χ1v) is 18.7. The number of benzene rings is 6. The second-order valence-electron chi connectivity index (χ2n) is 11.5. The third kappa shape index (κ3) is 9.06. The maximum absolute atomic E-state index is 13.0. The number of carbonyl (C=O) groups is 2. The minimum atomic E-state index is -3.80. The highest BCUT2D eigenvalue weighted by molar-refractivity contribution is 7.93. The van der Waals surface area contributed by atoms with Gasteiger partial charge in [0.15, 0.2) is 0 Å². The van der Waals surface area contributed by atoms with Gasteiger partial charge in [-0.15, -0.1) is 0 Å². The Balaban J connectivity index is 1.02. The molecule has 0 aliphatic carbocycles. The average molecular weight is 717 g/mol. The lowest BCUT2D eigenvalue weighted by Gasteiger charge is -2.11. The number of hydrogen-bond acceptors (Lipinski definition) is 6. The van der Waals surface area contributed by atoms with Crippen LogP contribution in [0, 0.1) is 0 Å². The van der Waals surface area contributed by atoms with E-state index >= 15 is 0 Å². The van der Waals surface area contributed by atoms with Crippen molar-refractivity contribution in [2.45, 2.75) is 16.2 Å². The Morgan fingerprint density at radius 3 is 1.16 bits per heavy atom. The third-order valence-corrected chi connectivity index (χ3v) is 10.5. The van der Waals surface area contributed by atoms with Crippen molar-refractivity contribution in [2.24, 2.45) is 0 Å². The van der Waals surface area contributed by atoms with Crippen LogP contribution in [0.5, 0.6) is 0 Å². The van der Waals surface area contributed by atoms with Crippen LogP contribution in [0.1, 0.15) is 31.8 Å². The van der Waals surface area contributed by atoms with Crippen molar-refractivity contribution in [3.05, 3.63) is 180 Å². The normalized spacial score (nSPS) is 11.3. The molecule has 0 heterocycles. The van der Waals surface area contributed by atoms with Crippen molar-refractivity contribution in [2.75, 3.05) is 20.1 Å². The Labute approximate surface area is 296 Å². The summed E-state index contributed by atoms with van der Waals surface area (Å²) in [4.78, 5) is 26.2. The lowest BCUT2D eigenvalue weighted by molar-refractivity contribution is 0.101. The van der Waals surface area contributed by atoms with Crippen LogP contribution in [-0.4, -0.2) is 28.6 Å². The smallest absolute Gasteiger partial charge is 0.261 e. The average Bonchev–Trinajstić information content (AvgIpc) is 3.14. The van der Waals surface area contributed by atoms with Crippen molar-refractivity contribution in [3.63, 3.8) is 0 Å². The summed E-state index contributed by atoms with van der Waals surface area (Å²) in [5.41, 5.74) is 4.27. The summed E-state index contributed by atoms with van der Waals surface area (Å²) < 4.78 is 55.8. The molecule has 6 aromatic rings. The standard InChI is InChI=1S/C39H32N4O6S2/c44-38(30-9-7-11-34(26-30)42-50(46,47)36-13-3-1-4-14-36)40-32-21-17-28(18-22-32)25-29-19-23-33(24-20-29)41-39(45)31-10-8-12-35(27-31)43-51(48,49)37-15-5-2-6-16-37/h1-24,26-27,42-43H,25H2,(H,40,44)(H,41,45). The Morgan fingerprint density at radius 2 is 0.784 bits per heavy atom. The lowest BCUT2D eigenvalue weighted by Crippen LogP contribution is -2.15. The maximum Gasteiger partial charge on any atom is 0.261 e. The van der Waals surface area contributed by atoms with E-state index in [9.17, 15) is 26.4 Å². The van der Waals surface area contributed by atoms with Gasteiger partial charge in [-0.3, -0.25) is 19.0 Å². The molecule has 0 saturated carbocycles. The molecule has 10 nitrogen and oxygen atoms in total. The molecule has 6 aromatic carbocycles. The fourth-order valence-corrected chi connectivity index (χ4v) is 7.27. The molecule has 6 rings (SSSR count). The second-order valence-corrected chi connectivity index (χ2v) is 14.8. The summed E-state index contributed by atoms with van der Waals surface area (Å²) in [7, 11) is -7.60. The molecular weight excluding hydrogens is 685 g/mol. The maximum atomic E-state index is 13.0. The van der Waals surface area contributed by atoms with E-state index in [0.29, 0.717) is 28.9 Å². The predicted molar refractivity (Wildman–Crippen MR) is 199 cm³/mol. The van der Waals surface area contributed by atoms with Crippen molar-refractivity contribution in [1.82, 2.24) is 0 Å². The number of nitrogens with one attached hydrogen (secondary N) is 4. The first-order chi connectivity index (χ1) is 24.5. The second kappa shape index (κ2) is 15.1.